The van der Waals surface area contributed by atoms with Crippen LogP contribution in [0.4, 0.5) is 17.1 Å². The number of nitrogens with zero attached hydrogens (tertiary/aromatic N) is 1. The van der Waals surface area contributed by atoms with Crippen molar-refractivity contribution in [2.75, 3.05) is 64.2 Å². The molecule has 0 aromatic heterocycles. The second-order valence-corrected chi connectivity index (χ2v) is 5.75. The van der Waals surface area contributed by atoms with Gasteiger partial charge in [-0.3, -0.25) is 0 Å². The molecule has 1 aromatic rings. The van der Waals surface area contributed by atoms with Crippen LogP contribution in [0.15, 0.2) is 18.2 Å². The molecule has 0 heterocycles. The van der Waals surface area contributed by atoms with Crippen molar-refractivity contribution in [1.82, 2.24) is 0 Å². The maximum atomic E-state index is 5.84. The Morgan fingerprint density at radius 2 is 1.89 bits per heavy atom. The van der Waals surface area contributed by atoms with Crippen molar-refractivity contribution in [3.63, 3.8) is 0 Å². The first-order valence-corrected chi connectivity index (χ1v) is 6.65. The number of quaternary nitrogens is 1. The molecule has 0 fully saturated rings. The minimum atomic E-state index is 0.672. The second kappa shape index (κ2) is 7.21. The number of anilines is 3. The number of hydrogen-bond donors (Lipinski definition) is 3. The molecular weight excluding hydrogens is 240 g/mol. The molecule has 0 aliphatic rings. The number of nitrogen functional groups attached to an aromatic ring is 2. The number of hydrogen-bond acceptors (Lipinski definition) is 4. The molecule has 0 saturated heterocycles. The number of nitrogens with two attached hydrogens (primary N) is 2. The standard InChI is InChI=1S/C14H27N4O/c1-18(2,3)8-4-9-19-10-7-17-14-11-12(15)5-6-13(14)16/h5-6,11,17H,4,7-10,15-16H2,1-3H3/q+1. The summed E-state index contributed by atoms with van der Waals surface area (Å²) in [6.45, 7) is 3.32. The molecule has 0 aliphatic carbocycles. The second-order valence-electron chi connectivity index (χ2n) is 5.75. The largest absolute Gasteiger partial charge is 0.399 e. The Kier molecular flexibility index (Phi) is 5.92. The molecule has 19 heavy (non-hydrogen) atoms. The van der Waals surface area contributed by atoms with Crippen molar-refractivity contribution < 1.29 is 9.22 Å². The zero-order valence-electron chi connectivity index (χ0n) is 12.3. The Labute approximate surface area is 116 Å². The Morgan fingerprint density at radius 3 is 2.58 bits per heavy atom. The molecule has 0 spiro atoms. The summed E-state index contributed by atoms with van der Waals surface area (Å²) in [6.07, 6.45) is 1.07. The fourth-order valence-electron chi connectivity index (χ4n) is 1.73. The molecule has 0 unspecified atom stereocenters. The third-order valence-electron chi connectivity index (χ3n) is 2.76. The summed E-state index contributed by atoms with van der Waals surface area (Å²) < 4.78 is 6.55. The first kappa shape index (κ1) is 15.6. The van der Waals surface area contributed by atoms with Gasteiger partial charge in [0.25, 0.3) is 0 Å². The maximum Gasteiger partial charge on any atom is 0.0802 e. The van der Waals surface area contributed by atoms with Crippen LogP contribution in [0.25, 0.3) is 0 Å². The van der Waals surface area contributed by atoms with E-state index in [0.717, 1.165) is 36.3 Å². The lowest BCUT2D eigenvalue weighted by Gasteiger charge is -2.23. The van der Waals surface area contributed by atoms with E-state index in [1.165, 1.54) is 0 Å². The fourth-order valence-corrected chi connectivity index (χ4v) is 1.73. The molecule has 0 amide bonds. The maximum absolute atomic E-state index is 5.84. The predicted octanol–water partition coefficient (Wildman–Crippen LogP) is 1.38. The minimum absolute atomic E-state index is 0.672. The van der Waals surface area contributed by atoms with E-state index in [-0.39, 0.29) is 0 Å². The number of nitrogens with one attached hydrogen (secondary N) is 1. The molecular formula is C14H27N4O+. The van der Waals surface area contributed by atoms with Crippen LogP contribution >= 0.6 is 0 Å². The van der Waals surface area contributed by atoms with Gasteiger partial charge in [-0.2, -0.15) is 0 Å². The zero-order chi connectivity index (χ0) is 14.3. The molecule has 108 valence electrons. The Morgan fingerprint density at radius 1 is 1.16 bits per heavy atom. The van der Waals surface area contributed by atoms with E-state index in [0.29, 0.717) is 18.0 Å². The predicted molar refractivity (Wildman–Crippen MR) is 82.1 cm³/mol. The summed E-state index contributed by atoms with van der Waals surface area (Å²) in [5, 5.41) is 3.23. The average Bonchev–Trinajstić information content (AvgIpc) is 2.31. The van der Waals surface area contributed by atoms with Gasteiger partial charge in [-0.1, -0.05) is 0 Å². The van der Waals surface area contributed by atoms with Crippen molar-refractivity contribution >= 4 is 17.1 Å². The lowest BCUT2D eigenvalue weighted by molar-refractivity contribution is -0.870. The molecule has 5 nitrogen and oxygen atoms in total. The highest BCUT2D eigenvalue weighted by Crippen LogP contribution is 2.20. The molecule has 1 rings (SSSR count). The zero-order valence-corrected chi connectivity index (χ0v) is 12.3. The van der Waals surface area contributed by atoms with Crippen molar-refractivity contribution in [3.05, 3.63) is 18.2 Å². The van der Waals surface area contributed by atoms with Crippen LogP contribution in [0.5, 0.6) is 0 Å². The molecule has 5 heteroatoms. The van der Waals surface area contributed by atoms with Gasteiger partial charge in [0.2, 0.25) is 0 Å². The summed E-state index contributed by atoms with van der Waals surface area (Å²) in [5.41, 5.74) is 13.8. The van der Waals surface area contributed by atoms with Crippen LogP contribution in [0.1, 0.15) is 6.42 Å². The van der Waals surface area contributed by atoms with Gasteiger partial charge in [-0.25, -0.2) is 0 Å². The van der Waals surface area contributed by atoms with Crippen LogP contribution in [0.3, 0.4) is 0 Å². The van der Waals surface area contributed by atoms with E-state index in [1.54, 1.807) is 12.1 Å². The van der Waals surface area contributed by atoms with Gasteiger partial charge in [0, 0.05) is 18.7 Å². The van der Waals surface area contributed by atoms with E-state index < -0.39 is 0 Å². The summed E-state index contributed by atoms with van der Waals surface area (Å²) in [6, 6.07) is 5.44. The Hall–Kier alpha value is -1.46. The van der Waals surface area contributed by atoms with Gasteiger partial charge >= 0.3 is 0 Å². The normalized spacial score (nSPS) is 11.5. The van der Waals surface area contributed by atoms with E-state index in [4.69, 9.17) is 16.2 Å². The topological polar surface area (TPSA) is 73.3 Å². The van der Waals surface area contributed by atoms with Gasteiger partial charge in [0.1, 0.15) is 0 Å². The van der Waals surface area contributed by atoms with Gasteiger partial charge in [0.05, 0.1) is 52.3 Å². The van der Waals surface area contributed by atoms with Gasteiger partial charge in [0.15, 0.2) is 0 Å². The van der Waals surface area contributed by atoms with Crippen LogP contribution < -0.4 is 16.8 Å². The summed E-state index contributed by atoms with van der Waals surface area (Å²) in [4.78, 5) is 0. The minimum Gasteiger partial charge on any atom is -0.399 e. The average molecular weight is 267 g/mol. The van der Waals surface area contributed by atoms with E-state index >= 15 is 0 Å². The van der Waals surface area contributed by atoms with Crippen LogP contribution in [0.2, 0.25) is 0 Å². The van der Waals surface area contributed by atoms with Crippen molar-refractivity contribution in [1.29, 1.82) is 0 Å². The highest BCUT2D eigenvalue weighted by molar-refractivity contribution is 5.70. The summed E-state index contributed by atoms with van der Waals surface area (Å²) >= 11 is 0. The number of rotatable bonds is 8. The lowest BCUT2D eigenvalue weighted by atomic mass is 10.2. The third-order valence-corrected chi connectivity index (χ3v) is 2.76. The van der Waals surface area contributed by atoms with E-state index in [1.807, 2.05) is 6.07 Å². The molecule has 1 aromatic carbocycles. The molecule has 0 aliphatic heterocycles. The molecule has 5 N–H and O–H groups in total. The quantitative estimate of drug-likeness (QED) is 0.378. The van der Waals surface area contributed by atoms with Gasteiger partial charge < -0.3 is 26.0 Å². The molecule has 0 saturated carbocycles. The molecule has 0 atom stereocenters. The number of benzene rings is 1. The Bertz CT molecular complexity index is 388. The summed E-state index contributed by atoms with van der Waals surface area (Å²) in [7, 11) is 6.55. The molecule has 0 bridgehead atoms. The van der Waals surface area contributed by atoms with E-state index in [9.17, 15) is 0 Å². The highest BCUT2D eigenvalue weighted by Gasteiger charge is 2.05. The first-order valence-electron chi connectivity index (χ1n) is 6.65. The fraction of sp³-hybridized carbons (Fsp3) is 0.571. The van der Waals surface area contributed by atoms with Crippen molar-refractivity contribution in [2.45, 2.75) is 6.42 Å². The van der Waals surface area contributed by atoms with Crippen molar-refractivity contribution in [3.8, 4) is 0 Å². The SMILES string of the molecule is C[N+](C)(C)CCCOCCNc1cc(N)ccc1N. The highest BCUT2D eigenvalue weighted by atomic mass is 16.5. The van der Waals surface area contributed by atoms with Crippen LogP contribution in [0, 0.1) is 0 Å². The third kappa shape index (κ3) is 6.88. The van der Waals surface area contributed by atoms with Gasteiger partial charge in [-0.05, 0) is 18.2 Å². The lowest BCUT2D eigenvalue weighted by Crippen LogP contribution is -2.35. The first-order chi connectivity index (χ1) is 8.88. The molecule has 0 radical (unpaired) electrons. The smallest absolute Gasteiger partial charge is 0.0802 e. The van der Waals surface area contributed by atoms with Crippen LogP contribution in [-0.2, 0) is 4.74 Å². The van der Waals surface area contributed by atoms with Crippen molar-refractivity contribution in [2.24, 2.45) is 0 Å². The monoisotopic (exact) mass is 267 g/mol. The van der Waals surface area contributed by atoms with Gasteiger partial charge in [-0.15, -0.1) is 0 Å². The number of ether oxygens (including phenoxy) is 1. The Balaban J connectivity index is 2.12. The van der Waals surface area contributed by atoms with Crippen LogP contribution in [-0.4, -0.2) is 51.9 Å². The summed E-state index contributed by atoms with van der Waals surface area (Å²) in [5.74, 6) is 0. The van der Waals surface area contributed by atoms with E-state index in [2.05, 4.69) is 26.5 Å².